The van der Waals surface area contributed by atoms with Crippen LogP contribution < -0.4 is 31.9 Å². The van der Waals surface area contributed by atoms with Gasteiger partial charge in [0.25, 0.3) is 0 Å². The number of carbonyl (C=O) groups is 6. The Morgan fingerprint density at radius 1 is 0.508 bits per heavy atom. The van der Waals surface area contributed by atoms with Crippen molar-refractivity contribution < 1.29 is 28.8 Å². The molecule has 5 aromatic carbocycles. The minimum absolute atomic E-state index is 0.00456. The number of nitrogens with one attached hydrogen (secondary N) is 6. The molecule has 0 fully saturated rings. The van der Waals surface area contributed by atoms with Crippen LogP contribution in [0.25, 0.3) is 21.5 Å². The molecule has 0 bridgehead atoms. The Bertz CT molecular complexity index is 2420. The molecular formula is C51H62N6O6. The maximum absolute atomic E-state index is 14.2. The Kier molecular flexibility index (Phi) is 16.0. The Morgan fingerprint density at radius 2 is 0.984 bits per heavy atom. The molecule has 12 heteroatoms. The maximum atomic E-state index is 14.2. The smallest absolute Gasteiger partial charge is 0.245 e. The summed E-state index contributed by atoms with van der Waals surface area (Å²) in [6.07, 6.45) is 0.522. The van der Waals surface area contributed by atoms with E-state index in [0.717, 1.165) is 38.2 Å². The third kappa shape index (κ3) is 13.1. The minimum Gasteiger partial charge on any atom is -0.345 e. The van der Waals surface area contributed by atoms with E-state index < -0.39 is 59.4 Å². The number of Topliss-reactive ketones (excluding diaryl/α,β-unsaturated/α-hetero) is 1. The second kappa shape index (κ2) is 21.1. The lowest BCUT2D eigenvalue weighted by Gasteiger charge is -2.30. The van der Waals surface area contributed by atoms with Crippen LogP contribution in [0.5, 0.6) is 0 Å². The van der Waals surface area contributed by atoms with E-state index in [9.17, 15) is 28.8 Å². The molecule has 0 saturated heterocycles. The predicted octanol–water partition coefficient (Wildman–Crippen LogP) is 5.49. The number of hydrogen-bond acceptors (Lipinski definition) is 7. The van der Waals surface area contributed by atoms with Gasteiger partial charge >= 0.3 is 0 Å². The molecule has 5 aromatic rings. The zero-order valence-electron chi connectivity index (χ0n) is 37.6. The molecule has 0 spiro atoms. The normalized spacial score (nSPS) is 13.2. The number of hydrogen-bond donors (Lipinski definition) is 6. The van der Waals surface area contributed by atoms with Gasteiger partial charge in [0.2, 0.25) is 29.5 Å². The first-order valence-electron chi connectivity index (χ1n) is 21.6. The van der Waals surface area contributed by atoms with E-state index in [1.807, 2.05) is 129 Å². The fourth-order valence-corrected chi connectivity index (χ4v) is 7.75. The number of fused-ring (bicyclic) bond motifs is 2. The van der Waals surface area contributed by atoms with Crippen molar-refractivity contribution in [1.29, 1.82) is 0 Å². The number of rotatable bonds is 20. The highest BCUT2D eigenvalue weighted by molar-refractivity contribution is 5.98. The average Bonchev–Trinajstić information content (AvgIpc) is 3.24. The summed E-state index contributed by atoms with van der Waals surface area (Å²) in [5.41, 5.74) is -0.0288. The SMILES string of the molecule is CC(C)NC(C)(C)C(=O)N[C@H](Cc1cccc2ccccc12)C(=O)NCC(=O)NC(C)(C)C(=O)N[C@H](Cc1ccccc1)C(=O)N[C@H](Cc1cccc2ccccc12)C(=O)C(C)C. The lowest BCUT2D eigenvalue weighted by molar-refractivity contribution is -0.136. The zero-order chi connectivity index (χ0) is 45.9. The molecule has 5 amide bonds. The van der Waals surface area contributed by atoms with Crippen molar-refractivity contribution in [3.63, 3.8) is 0 Å². The van der Waals surface area contributed by atoms with Crippen LogP contribution in [0.2, 0.25) is 0 Å². The molecule has 0 unspecified atom stereocenters. The minimum atomic E-state index is -1.55. The number of benzene rings is 5. The van der Waals surface area contributed by atoms with Crippen LogP contribution >= 0.6 is 0 Å². The first kappa shape index (κ1) is 47.6. The molecule has 0 aliphatic rings. The standard InChI is InChI=1S/C51H62N6O6/c1-32(2)45(59)41(29-37-24-16-22-35-20-12-14-26-39(35)37)53-47(61)42(28-34-18-10-9-11-19-34)54-49(63)51(7,8)57-44(58)31-52-46(60)43(55-48(62)50(5,6)56-33(3)4)30-38-25-17-23-36-21-13-15-27-40(36)38/h9-27,32-33,41-43,56H,28-31H2,1-8H3,(H,52,60)(H,53,61)(H,54,63)(H,55,62)(H,57,58)/t41-,42-,43-/m1/s1. The van der Waals surface area contributed by atoms with Crippen LogP contribution in [0.15, 0.2) is 115 Å². The van der Waals surface area contributed by atoms with Gasteiger partial charge in [-0.25, -0.2) is 0 Å². The van der Waals surface area contributed by atoms with Gasteiger partial charge in [0, 0.05) is 31.2 Å². The Labute approximate surface area is 370 Å². The van der Waals surface area contributed by atoms with Gasteiger partial charge in [-0.1, -0.05) is 129 Å². The molecule has 0 radical (unpaired) electrons. The molecule has 63 heavy (non-hydrogen) atoms. The molecule has 5 rings (SSSR count). The molecule has 0 saturated carbocycles. The summed E-state index contributed by atoms with van der Waals surface area (Å²) >= 11 is 0. The van der Waals surface area contributed by atoms with Crippen LogP contribution in [0.1, 0.15) is 72.1 Å². The largest absolute Gasteiger partial charge is 0.345 e. The molecule has 3 atom stereocenters. The van der Waals surface area contributed by atoms with E-state index in [-0.39, 0.29) is 42.9 Å². The topological polar surface area (TPSA) is 175 Å². The monoisotopic (exact) mass is 854 g/mol. The highest BCUT2D eigenvalue weighted by atomic mass is 16.2. The molecule has 0 aliphatic carbocycles. The van der Waals surface area contributed by atoms with E-state index in [1.54, 1.807) is 27.7 Å². The summed E-state index contributed by atoms with van der Waals surface area (Å²) in [5.74, 6) is -3.36. The lowest BCUT2D eigenvalue weighted by atomic mass is 9.92. The van der Waals surface area contributed by atoms with E-state index in [1.165, 1.54) is 13.8 Å². The van der Waals surface area contributed by atoms with Crippen LogP contribution in [0.4, 0.5) is 0 Å². The van der Waals surface area contributed by atoms with Gasteiger partial charge in [-0.15, -0.1) is 0 Å². The summed E-state index contributed by atoms with van der Waals surface area (Å²) in [6.45, 7) is 13.4. The van der Waals surface area contributed by atoms with Gasteiger partial charge in [0.1, 0.15) is 17.6 Å². The molecular weight excluding hydrogens is 793 g/mol. The maximum Gasteiger partial charge on any atom is 0.245 e. The third-order valence-corrected chi connectivity index (χ3v) is 11.0. The first-order valence-corrected chi connectivity index (χ1v) is 21.6. The van der Waals surface area contributed by atoms with Crippen molar-refractivity contribution in [2.24, 2.45) is 5.92 Å². The average molecular weight is 855 g/mol. The Balaban J connectivity index is 1.29. The second-order valence-electron chi connectivity index (χ2n) is 17.9. The molecule has 0 aromatic heterocycles. The summed E-state index contributed by atoms with van der Waals surface area (Å²) in [5, 5.41) is 21.2. The van der Waals surface area contributed by atoms with E-state index >= 15 is 0 Å². The lowest BCUT2D eigenvalue weighted by Crippen LogP contribution is -2.62. The Hall–Kier alpha value is -6.40. The number of amides is 5. The van der Waals surface area contributed by atoms with Crippen molar-refractivity contribution >= 4 is 56.9 Å². The summed E-state index contributed by atoms with van der Waals surface area (Å²) < 4.78 is 0. The number of ketones is 1. The van der Waals surface area contributed by atoms with Crippen LogP contribution in [-0.2, 0) is 48.0 Å². The fourth-order valence-electron chi connectivity index (χ4n) is 7.75. The number of carbonyl (C=O) groups excluding carboxylic acids is 6. The summed E-state index contributed by atoms with van der Waals surface area (Å²) in [7, 11) is 0. The molecule has 332 valence electrons. The Morgan fingerprint density at radius 3 is 1.52 bits per heavy atom. The van der Waals surface area contributed by atoms with Crippen LogP contribution in [0.3, 0.4) is 0 Å². The highest BCUT2D eigenvalue weighted by Gasteiger charge is 2.36. The molecule has 6 N–H and O–H groups in total. The quantitative estimate of drug-likeness (QED) is 0.0601. The van der Waals surface area contributed by atoms with E-state index in [0.29, 0.717) is 0 Å². The van der Waals surface area contributed by atoms with Gasteiger partial charge in [-0.3, -0.25) is 28.8 Å². The first-order chi connectivity index (χ1) is 29.8. The molecule has 0 aliphatic heterocycles. The van der Waals surface area contributed by atoms with Crippen molar-refractivity contribution in [1.82, 2.24) is 31.9 Å². The summed E-state index contributed by atoms with van der Waals surface area (Å²) in [4.78, 5) is 82.7. The fraction of sp³-hybridized carbons (Fsp3) is 0.373. The summed E-state index contributed by atoms with van der Waals surface area (Å²) in [6, 6.07) is 33.4. The van der Waals surface area contributed by atoms with Crippen LogP contribution in [0, 0.1) is 5.92 Å². The van der Waals surface area contributed by atoms with Crippen molar-refractivity contribution in [2.75, 3.05) is 6.54 Å². The second-order valence-corrected chi connectivity index (χ2v) is 17.9. The molecule has 12 nitrogen and oxygen atoms in total. The predicted molar refractivity (Wildman–Crippen MR) is 249 cm³/mol. The van der Waals surface area contributed by atoms with Gasteiger partial charge in [-0.05, 0) is 79.8 Å². The van der Waals surface area contributed by atoms with E-state index in [2.05, 4.69) is 31.9 Å². The molecule has 0 heterocycles. The highest BCUT2D eigenvalue weighted by Crippen LogP contribution is 2.22. The van der Waals surface area contributed by atoms with E-state index in [4.69, 9.17) is 0 Å². The third-order valence-electron chi connectivity index (χ3n) is 11.0. The van der Waals surface area contributed by atoms with Crippen molar-refractivity contribution in [3.8, 4) is 0 Å². The van der Waals surface area contributed by atoms with Gasteiger partial charge in [-0.2, -0.15) is 0 Å². The van der Waals surface area contributed by atoms with Crippen LogP contribution in [-0.4, -0.2) is 77.1 Å². The van der Waals surface area contributed by atoms with Gasteiger partial charge < -0.3 is 31.9 Å². The van der Waals surface area contributed by atoms with Crippen molar-refractivity contribution in [3.05, 3.63) is 132 Å². The van der Waals surface area contributed by atoms with Crippen molar-refractivity contribution in [2.45, 2.75) is 110 Å². The van der Waals surface area contributed by atoms with Gasteiger partial charge in [0.15, 0.2) is 5.78 Å². The zero-order valence-corrected chi connectivity index (χ0v) is 37.6. The van der Waals surface area contributed by atoms with Gasteiger partial charge in [0.05, 0.1) is 18.1 Å².